The smallest absolute Gasteiger partial charge is 0.338 e. The first-order valence-corrected chi connectivity index (χ1v) is 8.16. The van der Waals surface area contributed by atoms with Gasteiger partial charge in [-0.1, -0.05) is 0 Å². The molecule has 2 aromatic carbocycles. The molecular weight excluding hydrogens is 346 g/mol. The number of esters is 1. The molecule has 0 radical (unpaired) electrons. The molecule has 0 atom stereocenters. The van der Waals surface area contributed by atoms with Crippen LogP contribution in [0.3, 0.4) is 0 Å². The zero-order chi connectivity index (χ0) is 19.6. The number of benzene rings is 2. The molecular formula is C20H19N3O4. The Morgan fingerprint density at radius 2 is 1.70 bits per heavy atom. The van der Waals surface area contributed by atoms with Crippen LogP contribution in [0.15, 0.2) is 60.3 Å². The maximum Gasteiger partial charge on any atom is 0.338 e. The van der Waals surface area contributed by atoms with Crippen LogP contribution in [0.5, 0.6) is 5.75 Å². The first-order valence-electron chi connectivity index (χ1n) is 8.16. The summed E-state index contributed by atoms with van der Waals surface area (Å²) >= 11 is 0. The lowest BCUT2D eigenvalue weighted by atomic mass is 10.2. The van der Waals surface area contributed by atoms with Crippen LogP contribution in [0.1, 0.15) is 17.3 Å². The fraction of sp³-hybridized carbons (Fsp3) is 0.150. The minimum Gasteiger partial charge on any atom is -0.497 e. The average Bonchev–Trinajstić information content (AvgIpc) is 2.69. The molecule has 0 fully saturated rings. The molecule has 1 amide bonds. The Bertz CT molecular complexity index is 866. The molecule has 0 aliphatic carbocycles. The number of hydrogen-bond donors (Lipinski definition) is 2. The molecule has 0 saturated carbocycles. The molecule has 27 heavy (non-hydrogen) atoms. The highest BCUT2D eigenvalue weighted by atomic mass is 16.5. The van der Waals surface area contributed by atoms with Crippen molar-refractivity contribution >= 4 is 23.3 Å². The second-order valence-electron chi connectivity index (χ2n) is 5.29. The SMILES string of the molecule is CCOC(=O)c1ccc(N/C=C(/C#N)C(=O)Nc2ccc(OC)cc2)cc1. The zero-order valence-electron chi connectivity index (χ0n) is 15.0. The number of carbonyl (C=O) groups is 2. The summed E-state index contributed by atoms with van der Waals surface area (Å²) in [7, 11) is 1.55. The predicted molar refractivity (Wildman–Crippen MR) is 101 cm³/mol. The van der Waals surface area contributed by atoms with E-state index < -0.39 is 11.9 Å². The van der Waals surface area contributed by atoms with Gasteiger partial charge in [-0.3, -0.25) is 4.79 Å². The first-order chi connectivity index (χ1) is 13.1. The second-order valence-corrected chi connectivity index (χ2v) is 5.29. The van der Waals surface area contributed by atoms with Crippen LogP contribution >= 0.6 is 0 Å². The molecule has 0 aromatic heterocycles. The molecule has 0 aliphatic heterocycles. The third-order valence-corrected chi connectivity index (χ3v) is 3.49. The van der Waals surface area contributed by atoms with Gasteiger partial charge in [-0.05, 0) is 55.5 Å². The molecule has 2 N–H and O–H groups in total. The second kappa shape index (κ2) is 9.63. The third-order valence-electron chi connectivity index (χ3n) is 3.49. The van der Waals surface area contributed by atoms with Crippen LogP contribution in [-0.4, -0.2) is 25.6 Å². The van der Waals surface area contributed by atoms with Gasteiger partial charge in [0.15, 0.2) is 0 Å². The Morgan fingerprint density at radius 1 is 1.07 bits per heavy atom. The Labute approximate surface area is 157 Å². The van der Waals surface area contributed by atoms with Crippen LogP contribution < -0.4 is 15.4 Å². The highest BCUT2D eigenvalue weighted by molar-refractivity contribution is 6.06. The summed E-state index contributed by atoms with van der Waals surface area (Å²) in [6.45, 7) is 2.04. The Balaban J connectivity index is 2.01. The number of methoxy groups -OCH3 is 1. The molecule has 0 spiro atoms. The van der Waals surface area contributed by atoms with E-state index in [0.717, 1.165) is 0 Å². The van der Waals surface area contributed by atoms with E-state index in [1.807, 2.05) is 6.07 Å². The predicted octanol–water partition coefficient (Wildman–Crippen LogP) is 3.33. The Hall–Kier alpha value is -3.79. The van der Waals surface area contributed by atoms with Crippen molar-refractivity contribution in [3.05, 3.63) is 65.9 Å². The van der Waals surface area contributed by atoms with E-state index in [2.05, 4.69) is 10.6 Å². The fourth-order valence-corrected chi connectivity index (χ4v) is 2.09. The van der Waals surface area contributed by atoms with Crippen LogP contribution in [-0.2, 0) is 9.53 Å². The molecule has 0 aliphatic rings. The number of ether oxygens (including phenoxy) is 2. The molecule has 7 nitrogen and oxygen atoms in total. The Morgan fingerprint density at radius 3 is 2.26 bits per heavy atom. The van der Waals surface area contributed by atoms with Gasteiger partial charge in [0.05, 0.1) is 19.3 Å². The van der Waals surface area contributed by atoms with Crippen LogP contribution in [0.2, 0.25) is 0 Å². The number of hydrogen-bond acceptors (Lipinski definition) is 6. The normalized spacial score (nSPS) is 10.5. The third kappa shape index (κ3) is 5.61. The molecule has 0 unspecified atom stereocenters. The van der Waals surface area contributed by atoms with Gasteiger partial charge in [0.25, 0.3) is 5.91 Å². The summed E-state index contributed by atoms with van der Waals surface area (Å²) in [5.74, 6) is -0.286. The number of nitrogens with one attached hydrogen (secondary N) is 2. The van der Waals surface area contributed by atoms with Crippen LogP contribution in [0.25, 0.3) is 0 Å². The van der Waals surface area contributed by atoms with Crippen molar-refractivity contribution in [3.8, 4) is 11.8 Å². The largest absolute Gasteiger partial charge is 0.497 e. The van der Waals surface area contributed by atoms with Crippen molar-refractivity contribution < 1.29 is 19.1 Å². The van der Waals surface area contributed by atoms with Crippen molar-refractivity contribution in [1.82, 2.24) is 0 Å². The summed E-state index contributed by atoms with van der Waals surface area (Å²) in [5.41, 5.74) is 1.48. The minimum absolute atomic E-state index is 0.0970. The van der Waals surface area contributed by atoms with Gasteiger partial charge in [0, 0.05) is 17.6 Å². The van der Waals surface area contributed by atoms with Crippen molar-refractivity contribution in [3.63, 3.8) is 0 Å². The van der Waals surface area contributed by atoms with Gasteiger partial charge < -0.3 is 20.1 Å². The summed E-state index contributed by atoms with van der Waals surface area (Å²) in [6.07, 6.45) is 1.30. The van der Waals surface area contributed by atoms with E-state index >= 15 is 0 Å². The monoisotopic (exact) mass is 365 g/mol. The number of nitriles is 1. The highest BCUT2D eigenvalue weighted by Gasteiger charge is 2.10. The van der Waals surface area contributed by atoms with Gasteiger partial charge in [0.1, 0.15) is 17.4 Å². The lowest BCUT2D eigenvalue weighted by Crippen LogP contribution is -2.14. The molecule has 0 saturated heterocycles. The number of anilines is 2. The van der Waals surface area contributed by atoms with Crippen molar-refractivity contribution in [2.24, 2.45) is 0 Å². The standard InChI is InChI=1S/C20H19N3O4/c1-3-27-20(25)14-4-6-16(7-5-14)22-13-15(12-21)19(24)23-17-8-10-18(26-2)11-9-17/h4-11,13,22H,3H2,1-2H3,(H,23,24)/b15-13-. The fourth-order valence-electron chi connectivity index (χ4n) is 2.09. The highest BCUT2D eigenvalue weighted by Crippen LogP contribution is 2.16. The molecule has 2 rings (SSSR count). The maximum atomic E-state index is 12.2. The molecule has 0 heterocycles. The number of nitrogens with zero attached hydrogens (tertiary/aromatic N) is 1. The summed E-state index contributed by atoms with van der Waals surface area (Å²) in [5, 5.41) is 14.7. The summed E-state index contributed by atoms with van der Waals surface area (Å²) in [6, 6.07) is 15.1. The first kappa shape index (κ1) is 19.5. The zero-order valence-corrected chi connectivity index (χ0v) is 15.0. The lowest BCUT2D eigenvalue weighted by Gasteiger charge is -2.07. The average molecular weight is 365 g/mol. The van der Waals surface area contributed by atoms with Crippen LogP contribution in [0, 0.1) is 11.3 Å². The summed E-state index contributed by atoms with van der Waals surface area (Å²) in [4.78, 5) is 23.8. The molecule has 138 valence electrons. The van der Waals surface area contributed by atoms with E-state index in [0.29, 0.717) is 29.3 Å². The summed E-state index contributed by atoms with van der Waals surface area (Å²) < 4.78 is 9.96. The van der Waals surface area contributed by atoms with Crippen LogP contribution in [0.4, 0.5) is 11.4 Å². The van der Waals surface area contributed by atoms with Gasteiger partial charge in [0.2, 0.25) is 0 Å². The van der Waals surface area contributed by atoms with E-state index in [4.69, 9.17) is 9.47 Å². The van der Waals surface area contributed by atoms with Gasteiger partial charge in [-0.2, -0.15) is 5.26 Å². The number of amides is 1. The van der Waals surface area contributed by atoms with E-state index in [9.17, 15) is 14.9 Å². The van der Waals surface area contributed by atoms with Gasteiger partial charge >= 0.3 is 5.97 Å². The topological polar surface area (TPSA) is 100 Å². The minimum atomic E-state index is -0.543. The lowest BCUT2D eigenvalue weighted by molar-refractivity contribution is -0.112. The van der Waals surface area contributed by atoms with Gasteiger partial charge in [-0.15, -0.1) is 0 Å². The van der Waals surface area contributed by atoms with E-state index in [-0.39, 0.29) is 5.57 Å². The number of rotatable bonds is 7. The van der Waals surface area contributed by atoms with Crippen molar-refractivity contribution in [1.29, 1.82) is 5.26 Å². The van der Waals surface area contributed by atoms with Crippen molar-refractivity contribution in [2.45, 2.75) is 6.92 Å². The van der Waals surface area contributed by atoms with E-state index in [1.54, 1.807) is 62.6 Å². The van der Waals surface area contributed by atoms with Gasteiger partial charge in [-0.25, -0.2) is 4.79 Å². The van der Waals surface area contributed by atoms with Crippen molar-refractivity contribution in [2.75, 3.05) is 24.4 Å². The van der Waals surface area contributed by atoms with E-state index in [1.165, 1.54) is 6.20 Å². The molecule has 0 bridgehead atoms. The quantitative estimate of drug-likeness (QED) is 0.443. The maximum absolute atomic E-state index is 12.2. The Kier molecular flexibility index (Phi) is 6.97. The molecule has 7 heteroatoms. The molecule has 2 aromatic rings. The number of carbonyl (C=O) groups excluding carboxylic acids is 2.